The Hall–Kier alpha value is -1.79. The molecule has 1 fully saturated rings. The van der Waals surface area contributed by atoms with Crippen molar-refractivity contribution in [2.75, 3.05) is 45.7 Å². The fraction of sp³-hybridized carbons (Fsp3) is 0.533. The molecule has 0 aliphatic carbocycles. The first-order valence-corrected chi connectivity index (χ1v) is 7.08. The maximum absolute atomic E-state index is 11.6. The Morgan fingerprint density at radius 2 is 2.29 bits per heavy atom. The van der Waals surface area contributed by atoms with Gasteiger partial charge >= 0.3 is 5.97 Å². The lowest BCUT2D eigenvalue weighted by Crippen LogP contribution is -2.42. The van der Waals surface area contributed by atoms with E-state index in [1.54, 1.807) is 12.1 Å². The average Bonchev–Trinajstić information content (AvgIpc) is 2.47. The molecule has 2 N–H and O–H groups in total. The number of anilines is 1. The van der Waals surface area contributed by atoms with Crippen molar-refractivity contribution in [1.29, 1.82) is 0 Å². The van der Waals surface area contributed by atoms with E-state index in [1.165, 1.54) is 0 Å². The minimum absolute atomic E-state index is 0.0432. The normalized spacial score (nSPS) is 19.2. The number of rotatable bonds is 6. The summed E-state index contributed by atoms with van der Waals surface area (Å²) >= 11 is 0. The zero-order valence-corrected chi connectivity index (χ0v) is 12.3. The molecule has 6 nitrogen and oxygen atoms in total. The van der Waals surface area contributed by atoms with E-state index in [0.29, 0.717) is 18.0 Å². The largest absolute Gasteiger partial charge is 0.491 e. The second-order valence-electron chi connectivity index (χ2n) is 5.07. The topological polar surface area (TPSA) is 74.0 Å². The molecule has 21 heavy (non-hydrogen) atoms. The number of esters is 1. The molecule has 0 bridgehead atoms. The van der Waals surface area contributed by atoms with E-state index in [-0.39, 0.29) is 31.7 Å². The van der Waals surface area contributed by atoms with Crippen LogP contribution in [0.1, 0.15) is 6.42 Å². The van der Waals surface area contributed by atoms with Gasteiger partial charge in [0.05, 0.1) is 25.3 Å². The molecule has 1 saturated heterocycles. The molecule has 1 aliphatic rings. The summed E-state index contributed by atoms with van der Waals surface area (Å²) in [6, 6.07) is 7.19. The van der Waals surface area contributed by atoms with E-state index in [0.717, 1.165) is 13.1 Å². The first-order chi connectivity index (χ1) is 10.1. The minimum atomic E-state index is -0.290. The highest BCUT2D eigenvalue weighted by molar-refractivity contribution is 5.69. The summed E-state index contributed by atoms with van der Waals surface area (Å²) in [5.41, 5.74) is 6.30. The van der Waals surface area contributed by atoms with Crippen LogP contribution in [0.5, 0.6) is 5.75 Å². The third kappa shape index (κ3) is 5.24. The summed E-state index contributed by atoms with van der Waals surface area (Å²) in [5.74, 6) is 0.295. The highest BCUT2D eigenvalue weighted by atomic mass is 16.6. The number of nitrogens with zero attached hydrogens (tertiary/aromatic N) is 1. The number of hydrogen-bond donors (Lipinski definition) is 1. The second-order valence-corrected chi connectivity index (χ2v) is 5.07. The van der Waals surface area contributed by atoms with Gasteiger partial charge in [-0.05, 0) is 19.2 Å². The van der Waals surface area contributed by atoms with Crippen LogP contribution in [-0.2, 0) is 14.3 Å². The predicted octanol–water partition coefficient (Wildman–Crippen LogP) is 0.911. The van der Waals surface area contributed by atoms with Gasteiger partial charge in [-0.25, -0.2) is 0 Å². The first kappa shape index (κ1) is 15.6. The number of likely N-dealkylation sites (N-methyl/N-ethyl adjacent to an activating group) is 1. The zero-order valence-electron chi connectivity index (χ0n) is 12.3. The maximum Gasteiger partial charge on any atom is 0.309 e. The Morgan fingerprint density at radius 1 is 1.48 bits per heavy atom. The summed E-state index contributed by atoms with van der Waals surface area (Å²) in [5, 5.41) is 0. The molecule has 6 heteroatoms. The monoisotopic (exact) mass is 294 g/mol. The van der Waals surface area contributed by atoms with Crippen molar-refractivity contribution in [3.63, 3.8) is 0 Å². The molecule has 1 atom stereocenters. The number of ether oxygens (including phenoxy) is 3. The fourth-order valence-electron chi connectivity index (χ4n) is 2.08. The summed E-state index contributed by atoms with van der Waals surface area (Å²) in [7, 11) is 2.02. The van der Waals surface area contributed by atoms with Gasteiger partial charge in [-0.3, -0.25) is 4.79 Å². The van der Waals surface area contributed by atoms with Crippen LogP contribution < -0.4 is 10.5 Å². The Balaban J connectivity index is 1.62. The highest BCUT2D eigenvalue weighted by Crippen LogP contribution is 2.19. The van der Waals surface area contributed by atoms with Gasteiger partial charge < -0.3 is 24.8 Å². The Kier molecular flexibility index (Phi) is 5.83. The second kappa shape index (κ2) is 7.85. The first-order valence-electron chi connectivity index (χ1n) is 7.08. The third-order valence-corrected chi connectivity index (χ3v) is 3.25. The van der Waals surface area contributed by atoms with Crippen LogP contribution >= 0.6 is 0 Å². The molecule has 0 saturated carbocycles. The van der Waals surface area contributed by atoms with Gasteiger partial charge in [0.15, 0.2) is 0 Å². The van der Waals surface area contributed by atoms with Crippen molar-refractivity contribution >= 4 is 11.7 Å². The summed E-state index contributed by atoms with van der Waals surface area (Å²) in [6.45, 7) is 2.91. The van der Waals surface area contributed by atoms with Gasteiger partial charge in [0, 0.05) is 13.1 Å². The molecule has 1 unspecified atom stereocenters. The summed E-state index contributed by atoms with van der Waals surface area (Å²) in [6.07, 6.45) is 0.148. The number of morpholine rings is 1. The number of carbonyl (C=O) groups excluding carboxylic acids is 1. The Morgan fingerprint density at radius 3 is 3.05 bits per heavy atom. The van der Waals surface area contributed by atoms with Gasteiger partial charge in [-0.2, -0.15) is 0 Å². The van der Waals surface area contributed by atoms with Crippen LogP contribution in [0.2, 0.25) is 0 Å². The predicted molar refractivity (Wildman–Crippen MR) is 79.2 cm³/mol. The van der Waals surface area contributed by atoms with Crippen LogP contribution in [0, 0.1) is 0 Å². The average molecular weight is 294 g/mol. The van der Waals surface area contributed by atoms with Crippen LogP contribution in [0.4, 0.5) is 5.69 Å². The fourth-order valence-corrected chi connectivity index (χ4v) is 2.08. The molecular weight excluding hydrogens is 272 g/mol. The van der Waals surface area contributed by atoms with Gasteiger partial charge in [0.25, 0.3) is 0 Å². The minimum Gasteiger partial charge on any atom is -0.491 e. The highest BCUT2D eigenvalue weighted by Gasteiger charge is 2.19. The van der Waals surface area contributed by atoms with Crippen molar-refractivity contribution in [2.45, 2.75) is 12.5 Å². The smallest absolute Gasteiger partial charge is 0.309 e. The molecular formula is C15H22N2O4. The van der Waals surface area contributed by atoms with Gasteiger partial charge in [0.1, 0.15) is 18.5 Å². The SMILES string of the molecule is CN1CCOC(COC(=O)CCOc2ccccc2N)C1. The lowest BCUT2D eigenvalue weighted by Gasteiger charge is -2.29. The third-order valence-electron chi connectivity index (χ3n) is 3.25. The van der Waals surface area contributed by atoms with Crippen molar-refractivity contribution in [3.8, 4) is 5.75 Å². The number of carbonyl (C=O) groups is 1. The van der Waals surface area contributed by atoms with Crippen molar-refractivity contribution in [2.24, 2.45) is 0 Å². The number of benzene rings is 1. The molecule has 0 spiro atoms. The Labute approximate surface area is 124 Å². The number of hydrogen-bond acceptors (Lipinski definition) is 6. The van der Waals surface area contributed by atoms with Crippen LogP contribution in [0.3, 0.4) is 0 Å². The molecule has 1 aromatic rings. The maximum atomic E-state index is 11.6. The van der Waals surface area contributed by atoms with E-state index >= 15 is 0 Å². The van der Waals surface area contributed by atoms with Crippen molar-refractivity contribution in [1.82, 2.24) is 4.90 Å². The van der Waals surface area contributed by atoms with E-state index in [9.17, 15) is 4.79 Å². The molecule has 116 valence electrons. The zero-order chi connectivity index (χ0) is 15.1. The molecule has 0 amide bonds. The molecule has 2 rings (SSSR count). The lowest BCUT2D eigenvalue weighted by molar-refractivity contribution is -0.150. The molecule has 1 aliphatic heterocycles. The summed E-state index contributed by atoms with van der Waals surface area (Å²) in [4.78, 5) is 13.8. The van der Waals surface area contributed by atoms with E-state index < -0.39 is 0 Å². The number of para-hydroxylation sites is 2. The number of nitrogen functional groups attached to an aromatic ring is 1. The van der Waals surface area contributed by atoms with Crippen molar-refractivity contribution in [3.05, 3.63) is 24.3 Å². The van der Waals surface area contributed by atoms with E-state index in [4.69, 9.17) is 19.9 Å². The Bertz CT molecular complexity index is 467. The van der Waals surface area contributed by atoms with Gasteiger partial charge in [0.2, 0.25) is 0 Å². The standard InChI is InChI=1S/C15H22N2O4/c1-17-7-9-19-12(10-17)11-21-15(18)6-8-20-14-5-3-2-4-13(14)16/h2-5,12H,6-11,16H2,1H3. The lowest BCUT2D eigenvalue weighted by atomic mass is 10.3. The summed E-state index contributed by atoms with van der Waals surface area (Å²) < 4.78 is 16.2. The van der Waals surface area contributed by atoms with E-state index in [2.05, 4.69) is 4.90 Å². The molecule has 0 aromatic heterocycles. The number of nitrogens with two attached hydrogens (primary N) is 1. The molecule has 1 heterocycles. The molecule has 1 aromatic carbocycles. The quantitative estimate of drug-likeness (QED) is 0.621. The molecule has 0 radical (unpaired) electrons. The van der Waals surface area contributed by atoms with Crippen LogP contribution in [0.15, 0.2) is 24.3 Å². The van der Waals surface area contributed by atoms with Crippen molar-refractivity contribution < 1.29 is 19.0 Å². The van der Waals surface area contributed by atoms with Gasteiger partial charge in [-0.1, -0.05) is 12.1 Å². The van der Waals surface area contributed by atoms with Gasteiger partial charge in [-0.15, -0.1) is 0 Å². The van der Waals surface area contributed by atoms with Crippen LogP contribution in [0.25, 0.3) is 0 Å². The van der Waals surface area contributed by atoms with E-state index in [1.807, 2.05) is 19.2 Å². The van der Waals surface area contributed by atoms with Crippen LogP contribution in [-0.4, -0.2) is 56.9 Å².